The third-order valence-corrected chi connectivity index (χ3v) is 5.60. The van der Waals surface area contributed by atoms with Crippen molar-refractivity contribution in [3.63, 3.8) is 0 Å². The lowest BCUT2D eigenvalue weighted by atomic mass is 9.97. The van der Waals surface area contributed by atoms with Crippen molar-refractivity contribution in [2.24, 2.45) is 0 Å². The number of hydrogen-bond donors (Lipinski definition) is 3. The largest absolute Gasteiger partial charge is 0.481 e. The van der Waals surface area contributed by atoms with E-state index in [1.165, 1.54) is 12.3 Å². The molecule has 2 heterocycles. The molecule has 2 aromatic heterocycles. The van der Waals surface area contributed by atoms with Gasteiger partial charge in [0.05, 0.1) is 12.1 Å². The smallest absolute Gasteiger partial charge is 0.407 e. The topological polar surface area (TPSA) is 126 Å². The number of carbonyl (C=O) groups is 2. The van der Waals surface area contributed by atoms with E-state index < -0.39 is 29.5 Å². The Morgan fingerprint density at radius 3 is 2.46 bits per heavy atom. The number of rotatable bonds is 9. The van der Waals surface area contributed by atoms with E-state index >= 15 is 0 Å². The molecule has 0 aliphatic rings. The number of nitrogens with zero attached hydrogens (tertiary/aromatic N) is 2. The van der Waals surface area contributed by atoms with Crippen molar-refractivity contribution in [1.82, 2.24) is 20.5 Å². The molecule has 0 aliphatic carbocycles. The number of carbonyl (C=O) groups excluding carboxylic acids is 1. The number of H-pyrrole nitrogens is 1. The minimum absolute atomic E-state index is 0.0788. The second kappa shape index (κ2) is 11.8. The highest BCUT2D eigenvalue weighted by Gasteiger charge is 2.23. The van der Waals surface area contributed by atoms with Gasteiger partial charge in [-0.3, -0.25) is 9.89 Å². The van der Waals surface area contributed by atoms with E-state index in [1.807, 2.05) is 42.5 Å². The Balaban J connectivity index is 1.66. The summed E-state index contributed by atoms with van der Waals surface area (Å²) in [5.41, 5.74) is 2.66. The van der Waals surface area contributed by atoms with Crippen LogP contribution in [0.1, 0.15) is 32.8 Å². The molecule has 4 rings (SSSR count). The SMILES string of the molecule is CC(C)(C)OC(=O)N[C@@H](CC(=O)O)Cc1cc(-c2ccccc2)ccc1Oc1ncc(-c2ccn[nH]2)cc1F. The van der Waals surface area contributed by atoms with E-state index in [1.54, 1.807) is 39.1 Å². The Morgan fingerprint density at radius 1 is 1.05 bits per heavy atom. The molecule has 0 aliphatic heterocycles. The highest BCUT2D eigenvalue weighted by atomic mass is 19.1. The van der Waals surface area contributed by atoms with Gasteiger partial charge in [0.15, 0.2) is 5.82 Å². The Bertz CT molecular complexity index is 1440. The zero-order valence-electron chi connectivity index (χ0n) is 21.8. The third-order valence-electron chi connectivity index (χ3n) is 5.60. The fourth-order valence-corrected chi connectivity index (χ4v) is 3.94. The van der Waals surface area contributed by atoms with E-state index in [9.17, 15) is 19.1 Å². The number of pyridine rings is 1. The van der Waals surface area contributed by atoms with E-state index in [0.29, 0.717) is 16.8 Å². The molecule has 0 saturated carbocycles. The number of carboxylic acid groups (broad SMARTS) is 1. The number of carboxylic acids is 1. The molecule has 1 amide bonds. The molecule has 4 aromatic rings. The maximum absolute atomic E-state index is 15.0. The van der Waals surface area contributed by atoms with Gasteiger partial charge in [0.1, 0.15) is 11.4 Å². The normalized spacial score (nSPS) is 12.0. The average molecular weight is 533 g/mol. The van der Waals surface area contributed by atoms with Crippen molar-refractivity contribution in [3.8, 4) is 34.0 Å². The van der Waals surface area contributed by atoms with Gasteiger partial charge in [-0.2, -0.15) is 5.10 Å². The monoisotopic (exact) mass is 532 g/mol. The van der Waals surface area contributed by atoms with Crippen LogP contribution in [0.5, 0.6) is 11.6 Å². The maximum atomic E-state index is 15.0. The number of halogens is 1. The van der Waals surface area contributed by atoms with E-state index in [-0.39, 0.29) is 24.5 Å². The second-order valence-electron chi connectivity index (χ2n) is 9.92. The third kappa shape index (κ3) is 7.64. The second-order valence-corrected chi connectivity index (χ2v) is 9.92. The van der Waals surface area contributed by atoms with Crippen LogP contribution in [0.3, 0.4) is 0 Å². The predicted octanol–water partition coefficient (Wildman–Crippen LogP) is 5.98. The molecule has 10 heteroatoms. The molecule has 9 nitrogen and oxygen atoms in total. The molecular formula is C29H29FN4O5. The number of hydrogen-bond acceptors (Lipinski definition) is 6. The zero-order valence-corrected chi connectivity index (χ0v) is 21.8. The molecule has 1 atom stereocenters. The van der Waals surface area contributed by atoms with Gasteiger partial charge in [-0.1, -0.05) is 36.4 Å². The summed E-state index contributed by atoms with van der Waals surface area (Å²) >= 11 is 0. The maximum Gasteiger partial charge on any atom is 0.407 e. The van der Waals surface area contributed by atoms with Crippen molar-refractivity contribution in [2.45, 2.75) is 45.3 Å². The fourth-order valence-electron chi connectivity index (χ4n) is 3.94. The summed E-state index contributed by atoms with van der Waals surface area (Å²) in [4.78, 5) is 28.2. The molecule has 0 saturated heterocycles. The zero-order chi connectivity index (χ0) is 28.0. The van der Waals surface area contributed by atoms with E-state index in [2.05, 4.69) is 20.5 Å². The summed E-state index contributed by atoms with van der Waals surface area (Å²) in [5.74, 6) is -1.76. The van der Waals surface area contributed by atoms with Gasteiger partial charge in [-0.05, 0) is 68.1 Å². The van der Waals surface area contributed by atoms with Gasteiger partial charge in [0, 0.05) is 24.0 Å². The Labute approximate surface area is 225 Å². The molecule has 2 aromatic carbocycles. The van der Waals surface area contributed by atoms with Gasteiger partial charge < -0.3 is 19.9 Å². The highest BCUT2D eigenvalue weighted by molar-refractivity contribution is 5.72. The lowest BCUT2D eigenvalue weighted by Gasteiger charge is -2.24. The number of aliphatic carboxylic acids is 1. The number of alkyl carbamates (subject to hydrolysis) is 1. The summed E-state index contributed by atoms with van der Waals surface area (Å²) in [6.45, 7) is 5.15. The molecule has 3 N–H and O–H groups in total. The quantitative estimate of drug-likeness (QED) is 0.242. The van der Waals surface area contributed by atoms with Crippen LogP contribution in [0.4, 0.5) is 9.18 Å². The van der Waals surface area contributed by atoms with Crippen LogP contribution in [0.15, 0.2) is 73.1 Å². The van der Waals surface area contributed by atoms with Gasteiger partial charge >= 0.3 is 12.1 Å². The molecule has 0 radical (unpaired) electrons. The van der Waals surface area contributed by atoms with Crippen LogP contribution in [0.25, 0.3) is 22.4 Å². The van der Waals surface area contributed by atoms with Gasteiger partial charge in [0.25, 0.3) is 5.88 Å². The lowest BCUT2D eigenvalue weighted by molar-refractivity contribution is -0.137. The minimum Gasteiger partial charge on any atom is -0.481 e. The molecule has 0 unspecified atom stereocenters. The van der Waals surface area contributed by atoms with Crippen molar-refractivity contribution >= 4 is 12.1 Å². The Hall–Kier alpha value is -4.73. The van der Waals surface area contributed by atoms with Gasteiger partial charge in [0.2, 0.25) is 0 Å². The number of aromatic nitrogens is 3. The number of benzene rings is 2. The standard InChI is InChI=1S/C29H29FN4O5/c1-29(2,3)39-28(37)33-22(16-26(35)36)14-20-13-19(18-7-5-4-6-8-18)9-10-25(20)38-27-23(30)15-21(17-31-27)24-11-12-32-34-24/h4-13,15,17,22H,14,16H2,1-3H3,(H,32,34)(H,33,37)(H,35,36)/t22-/m1/s1. The van der Waals surface area contributed by atoms with Crippen LogP contribution in [0, 0.1) is 5.82 Å². The van der Waals surface area contributed by atoms with Crippen LogP contribution < -0.4 is 10.1 Å². The number of aromatic amines is 1. The first kappa shape index (κ1) is 27.3. The molecule has 202 valence electrons. The molecule has 0 fully saturated rings. The van der Waals surface area contributed by atoms with Crippen LogP contribution in [-0.2, 0) is 16.0 Å². The first-order valence-corrected chi connectivity index (χ1v) is 12.3. The van der Waals surface area contributed by atoms with Gasteiger partial charge in [-0.15, -0.1) is 0 Å². The van der Waals surface area contributed by atoms with Crippen molar-refractivity contribution in [1.29, 1.82) is 0 Å². The van der Waals surface area contributed by atoms with E-state index in [4.69, 9.17) is 9.47 Å². The van der Waals surface area contributed by atoms with E-state index in [0.717, 1.165) is 11.1 Å². The van der Waals surface area contributed by atoms with Crippen LogP contribution in [-0.4, -0.2) is 44.0 Å². The van der Waals surface area contributed by atoms with Gasteiger partial charge in [-0.25, -0.2) is 14.2 Å². The molecule has 39 heavy (non-hydrogen) atoms. The predicted molar refractivity (Wildman–Crippen MR) is 143 cm³/mol. The first-order chi connectivity index (χ1) is 18.6. The first-order valence-electron chi connectivity index (χ1n) is 12.3. The molecule has 0 bridgehead atoms. The Morgan fingerprint density at radius 2 is 1.82 bits per heavy atom. The molecule has 0 spiro atoms. The lowest BCUT2D eigenvalue weighted by Crippen LogP contribution is -2.41. The number of amides is 1. The summed E-state index contributed by atoms with van der Waals surface area (Å²) in [7, 11) is 0. The van der Waals surface area contributed by atoms with Crippen LogP contribution >= 0.6 is 0 Å². The van der Waals surface area contributed by atoms with Crippen molar-refractivity contribution in [2.75, 3.05) is 0 Å². The van der Waals surface area contributed by atoms with Crippen LogP contribution in [0.2, 0.25) is 0 Å². The molecular weight excluding hydrogens is 503 g/mol. The summed E-state index contributed by atoms with van der Waals surface area (Å²) in [5, 5.41) is 18.8. The number of nitrogens with one attached hydrogen (secondary N) is 2. The summed E-state index contributed by atoms with van der Waals surface area (Å²) in [6, 6.07) is 17.0. The number of ether oxygens (including phenoxy) is 2. The summed E-state index contributed by atoms with van der Waals surface area (Å²) < 4.78 is 26.2. The van der Waals surface area contributed by atoms with Crippen molar-refractivity contribution in [3.05, 3.63) is 84.4 Å². The highest BCUT2D eigenvalue weighted by Crippen LogP contribution is 2.32. The fraction of sp³-hybridized carbons (Fsp3) is 0.241. The Kier molecular flexibility index (Phi) is 8.24. The summed E-state index contributed by atoms with van der Waals surface area (Å²) in [6.07, 6.45) is 1.99. The average Bonchev–Trinajstić information content (AvgIpc) is 3.40. The minimum atomic E-state index is -1.10. The van der Waals surface area contributed by atoms with Crippen molar-refractivity contribution < 1.29 is 28.6 Å².